The molecule has 1 aromatic rings. The van der Waals surface area contributed by atoms with Gasteiger partial charge in [-0.1, -0.05) is 0 Å². The molecular weight excluding hydrogens is 256 g/mol. The van der Waals surface area contributed by atoms with E-state index in [2.05, 4.69) is 4.74 Å². The second-order valence-corrected chi connectivity index (χ2v) is 3.30. The quantitative estimate of drug-likeness (QED) is 0.645. The van der Waals surface area contributed by atoms with Gasteiger partial charge in [-0.25, -0.2) is 9.59 Å². The summed E-state index contributed by atoms with van der Waals surface area (Å²) >= 11 is 0. The molecule has 1 rings (SSSR count). The molecule has 19 heavy (non-hydrogen) atoms. The minimum Gasteiger partial charge on any atom is -0.493 e. The largest absolute Gasteiger partial charge is 0.514 e. The Balaban J connectivity index is 3.20. The Hall–Kier alpha value is -2.44. The molecule has 0 atom stereocenters. The summed E-state index contributed by atoms with van der Waals surface area (Å²) < 4.78 is 19.5. The first-order valence-electron chi connectivity index (χ1n) is 5.37. The zero-order valence-corrected chi connectivity index (χ0v) is 10.8. The fourth-order valence-electron chi connectivity index (χ4n) is 1.33. The highest BCUT2D eigenvalue weighted by atomic mass is 16.7. The molecule has 7 nitrogen and oxygen atoms in total. The number of methoxy groups -OCH3 is 2. The lowest BCUT2D eigenvalue weighted by Gasteiger charge is -2.13. The van der Waals surface area contributed by atoms with Crippen LogP contribution in [0.4, 0.5) is 4.79 Å². The standard InChI is InChI=1S/C12H14O7/c1-4-18-12(15)19-10-8(16-2)5-7(11(13)14)6-9(10)17-3/h5-6H,4H2,1-3H3,(H,13,14). The summed E-state index contributed by atoms with van der Waals surface area (Å²) in [6.45, 7) is 1.78. The van der Waals surface area contributed by atoms with E-state index in [4.69, 9.17) is 19.3 Å². The molecule has 0 aliphatic carbocycles. The minimum atomic E-state index is -1.15. The Morgan fingerprint density at radius 2 is 1.68 bits per heavy atom. The molecule has 0 saturated heterocycles. The average molecular weight is 270 g/mol. The van der Waals surface area contributed by atoms with Crippen molar-refractivity contribution in [2.75, 3.05) is 20.8 Å². The van der Waals surface area contributed by atoms with Crippen LogP contribution in [-0.4, -0.2) is 38.1 Å². The van der Waals surface area contributed by atoms with Crippen LogP contribution in [-0.2, 0) is 4.74 Å². The highest BCUT2D eigenvalue weighted by Gasteiger charge is 2.20. The van der Waals surface area contributed by atoms with Gasteiger partial charge in [0.1, 0.15) is 0 Å². The predicted octanol–water partition coefficient (Wildman–Crippen LogP) is 1.94. The molecule has 7 heteroatoms. The molecule has 0 aliphatic heterocycles. The van der Waals surface area contributed by atoms with Crippen molar-refractivity contribution in [1.82, 2.24) is 0 Å². The molecule has 0 spiro atoms. The maximum Gasteiger partial charge on any atom is 0.514 e. The summed E-state index contributed by atoms with van der Waals surface area (Å²) in [7, 11) is 2.64. The Bertz CT molecular complexity index is 456. The van der Waals surface area contributed by atoms with Crippen molar-refractivity contribution in [2.45, 2.75) is 6.92 Å². The first-order chi connectivity index (χ1) is 9.03. The first kappa shape index (κ1) is 14.6. The molecular formula is C12H14O7. The number of ether oxygens (including phenoxy) is 4. The second-order valence-electron chi connectivity index (χ2n) is 3.30. The zero-order valence-electron chi connectivity index (χ0n) is 10.8. The van der Waals surface area contributed by atoms with Gasteiger partial charge in [-0.3, -0.25) is 0 Å². The third-order valence-electron chi connectivity index (χ3n) is 2.16. The third-order valence-corrected chi connectivity index (χ3v) is 2.16. The molecule has 0 aromatic heterocycles. The van der Waals surface area contributed by atoms with E-state index in [-0.39, 0.29) is 29.4 Å². The number of hydrogen-bond acceptors (Lipinski definition) is 6. The first-order valence-corrected chi connectivity index (χ1v) is 5.37. The maximum atomic E-state index is 11.3. The van der Waals surface area contributed by atoms with Crippen LogP contribution in [0.2, 0.25) is 0 Å². The number of carbonyl (C=O) groups excluding carboxylic acids is 1. The molecule has 0 bridgehead atoms. The van der Waals surface area contributed by atoms with E-state index in [1.54, 1.807) is 6.92 Å². The van der Waals surface area contributed by atoms with Crippen molar-refractivity contribution in [3.05, 3.63) is 17.7 Å². The van der Waals surface area contributed by atoms with Crippen molar-refractivity contribution >= 4 is 12.1 Å². The van der Waals surface area contributed by atoms with Gasteiger partial charge in [0.05, 0.1) is 26.4 Å². The van der Waals surface area contributed by atoms with Gasteiger partial charge in [-0.15, -0.1) is 0 Å². The van der Waals surface area contributed by atoms with E-state index in [0.29, 0.717) is 0 Å². The van der Waals surface area contributed by atoms with E-state index < -0.39 is 12.1 Å². The fourth-order valence-corrected chi connectivity index (χ4v) is 1.33. The van der Waals surface area contributed by atoms with E-state index in [1.807, 2.05) is 0 Å². The average Bonchev–Trinajstić information content (AvgIpc) is 2.38. The number of aromatic carboxylic acids is 1. The third kappa shape index (κ3) is 3.51. The smallest absolute Gasteiger partial charge is 0.493 e. The number of carbonyl (C=O) groups is 2. The molecule has 0 heterocycles. The molecule has 0 radical (unpaired) electrons. The van der Waals surface area contributed by atoms with Crippen molar-refractivity contribution in [3.63, 3.8) is 0 Å². The molecule has 104 valence electrons. The Kier molecular flexibility index (Phi) is 4.99. The second kappa shape index (κ2) is 6.48. The highest BCUT2D eigenvalue weighted by molar-refractivity contribution is 5.89. The predicted molar refractivity (Wildman–Crippen MR) is 64.2 cm³/mol. The highest BCUT2D eigenvalue weighted by Crippen LogP contribution is 2.38. The van der Waals surface area contributed by atoms with Crippen LogP contribution in [0.3, 0.4) is 0 Å². The number of rotatable bonds is 5. The van der Waals surface area contributed by atoms with Crippen LogP contribution in [0.15, 0.2) is 12.1 Å². The van der Waals surface area contributed by atoms with Gasteiger partial charge in [-0.05, 0) is 19.1 Å². The van der Waals surface area contributed by atoms with Crippen LogP contribution >= 0.6 is 0 Å². The van der Waals surface area contributed by atoms with Crippen LogP contribution in [0.25, 0.3) is 0 Å². The van der Waals surface area contributed by atoms with Gasteiger partial charge in [0, 0.05) is 0 Å². The van der Waals surface area contributed by atoms with Crippen molar-refractivity contribution in [1.29, 1.82) is 0 Å². The molecule has 0 unspecified atom stereocenters. The van der Waals surface area contributed by atoms with Gasteiger partial charge in [0.2, 0.25) is 5.75 Å². The van der Waals surface area contributed by atoms with Gasteiger partial charge < -0.3 is 24.1 Å². The normalized spacial score (nSPS) is 9.63. The Morgan fingerprint density at radius 1 is 1.16 bits per heavy atom. The van der Waals surface area contributed by atoms with Crippen LogP contribution in [0.5, 0.6) is 17.2 Å². The molecule has 0 aliphatic rings. The van der Waals surface area contributed by atoms with E-state index in [1.165, 1.54) is 26.4 Å². The van der Waals surface area contributed by atoms with Gasteiger partial charge in [0.15, 0.2) is 11.5 Å². The number of carboxylic acid groups (broad SMARTS) is 1. The molecule has 0 fully saturated rings. The lowest BCUT2D eigenvalue weighted by molar-refractivity contribution is 0.0696. The summed E-state index contributed by atoms with van der Waals surface area (Å²) in [6.07, 6.45) is -0.929. The number of hydrogen-bond donors (Lipinski definition) is 1. The van der Waals surface area contributed by atoms with Crippen LogP contribution in [0, 0.1) is 0 Å². The SMILES string of the molecule is CCOC(=O)Oc1c(OC)cc(C(=O)O)cc1OC. The van der Waals surface area contributed by atoms with Crippen molar-refractivity contribution in [3.8, 4) is 17.2 Å². The monoisotopic (exact) mass is 270 g/mol. The Labute approximate surface area is 109 Å². The lowest BCUT2D eigenvalue weighted by Crippen LogP contribution is -2.12. The summed E-state index contributed by atoms with van der Waals surface area (Å²) in [5.41, 5.74) is -0.0510. The van der Waals surface area contributed by atoms with E-state index in [9.17, 15) is 9.59 Å². The molecule has 1 aromatic carbocycles. The fraction of sp³-hybridized carbons (Fsp3) is 0.333. The summed E-state index contributed by atoms with van der Waals surface area (Å²) in [5, 5.41) is 8.94. The van der Waals surface area contributed by atoms with E-state index in [0.717, 1.165) is 0 Å². The van der Waals surface area contributed by atoms with E-state index >= 15 is 0 Å². The maximum absolute atomic E-state index is 11.3. The van der Waals surface area contributed by atoms with Crippen molar-refractivity contribution < 1.29 is 33.6 Å². The molecule has 1 N–H and O–H groups in total. The Morgan fingerprint density at radius 3 is 2.05 bits per heavy atom. The van der Waals surface area contributed by atoms with Gasteiger partial charge in [-0.2, -0.15) is 0 Å². The van der Waals surface area contributed by atoms with Crippen molar-refractivity contribution in [2.24, 2.45) is 0 Å². The number of benzene rings is 1. The van der Waals surface area contributed by atoms with Crippen LogP contribution in [0.1, 0.15) is 17.3 Å². The van der Waals surface area contributed by atoms with Crippen LogP contribution < -0.4 is 14.2 Å². The molecule has 0 amide bonds. The number of carboxylic acids is 1. The minimum absolute atomic E-state index is 0.0338. The summed E-state index contributed by atoms with van der Waals surface area (Å²) in [6, 6.07) is 2.44. The van der Waals surface area contributed by atoms with Gasteiger partial charge in [0.25, 0.3) is 0 Å². The summed E-state index contributed by atoms with van der Waals surface area (Å²) in [4.78, 5) is 22.2. The summed E-state index contributed by atoms with van der Waals surface area (Å²) in [5.74, 6) is -1.07. The van der Waals surface area contributed by atoms with Gasteiger partial charge >= 0.3 is 12.1 Å². The lowest BCUT2D eigenvalue weighted by atomic mass is 10.2. The molecule has 0 saturated carbocycles. The topological polar surface area (TPSA) is 91.3 Å². The zero-order chi connectivity index (χ0) is 14.4.